The third-order valence-electron chi connectivity index (χ3n) is 3.43. The second kappa shape index (κ2) is 5.89. The number of carbonyl (C=O) groups is 1. The summed E-state index contributed by atoms with van der Waals surface area (Å²) in [6, 6.07) is 13.5. The van der Waals surface area contributed by atoms with Gasteiger partial charge in [0.25, 0.3) is 0 Å². The molecular weight excluding hydrogens is 280 g/mol. The minimum absolute atomic E-state index is 0.0975. The number of benzene rings is 2. The van der Waals surface area contributed by atoms with Gasteiger partial charge in [-0.25, -0.2) is 9.78 Å². The molecular formula is C17H16N2O3. The lowest BCUT2D eigenvalue weighted by Gasteiger charge is -2.05. The number of methoxy groups -OCH3 is 1. The standard InChI is InChI=1S/C17H16N2O3/c1-11-4-3-5-14-16(11)19-17(18-14)12-6-8-13(9-7-12)22-10-15(20)21-2/h3-9H,10H2,1-2H3,(H,18,19). The van der Waals surface area contributed by atoms with Crippen molar-refractivity contribution in [3.05, 3.63) is 48.0 Å². The Balaban J connectivity index is 1.82. The summed E-state index contributed by atoms with van der Waals surface area (Å²) in [5.41, 5.74) is 4.09. The molecule has 0 aliphatic heterocycles. The number of aromatic amines is 1. The first kappa shape index (κ1) is 14.1. The number of H-pyrrole nitrogens is 1. The second-order valence-corrected chi connectivity index (χ2v) is 4.95. The van der Waals surface area contributed by atoms with Gasteiger partial charge < -0.3 is 14.5 Å². The molecule has 2 aromatic carbocycles. The molecule has 1 heterocycles. The molecule has 1 aromatic heterocycles. The van der Waals surface area contributed by atoms with Crippen molar-refractivity contribution in [2.45, 2.75) is 6.92 Å². The lowest BCUT2D eigenvalue weighted by atomic mass is 10.2. The largest absolute Gasteiger partial charge is 0.482 e. The molecule has 0 saturated heterocycles. The fourth-order valence-corrected chi connectivity index (χ4v) is 2.22. The van der Waals surface area contributed by atoms with E-state index in [0.717, 1.165) is 28.0 Å². The number of esters is 1. The minimum atomic E-state index is -0.406. The van der Waals surface area contributed by atoms with E-state index in [0.29, 0.717) is 5.75 Å². The van der Waals surface area contributed by atoms with Crippen LogP contribution in [0.2, 0.25) is 0 Å². The summed E-state index contributed by atoms with van der Waals surface area (Å²) in [4.78, 5) is 19.0. The van der Waals surface area contributed by atoms with E-state index in [2.05, 4.69) is 14.7 Å². The van der Waals surface area contributed by atoms with Crippen molar-refractivity contribution < 1.29 is 14.3 Å². The molecule has 0 aliphatic carbocycles. The van der Waals surface area contributed by atoms with E-state index in [9.17, 15) is 4.79 Å². The Morgan fingerprint density at radius 2 is 1.95 bits per heavy atom. The van der Waals surface area contributed by atoms with E-state index in [1.54, 1.807) is 12.1 Å². The molecule has 0 bridgehead atoms. The van der Waals surface area contributed by atoms with E-state index in [1.165, 1.54) is 7.11 Å². The van der Waals surface area contributed by atoms with Gasteiger partial charge in [-0.3, -0.25) is 0 Å². The average molecular weight is 296 g/mol. The fourth-order valence-electron chi connectivity index (χ4n) is 2.22. The maximum atomic E-state index is 11.0. The number of imidazole rings is 1. The molecule has 1 N–H and O–H groups in total. The van der Waals surface area contributed by atoms with Crippen molar-refractivity contribution in [1.82, 2.24) is 9.97 Å². The Morgan fingerprint density at radius 3 is 2.64 bits per heavy atom. The molecule has 22 heavy (non-hydrogen) atoms. The summed E-state index contributed by atoms with van der Waals surface area (Å²) in [7, 11) is 1.33. The number of carbonyl (C=O) groups excluding carboxylic acids is 1. The molecule has 0 saturated carbocycles. The first-order chi connectivity index (χ1) is 10.7. The number of rotatable bonds is 4. The molecule has 0 fully saturated rings. The van der Waals surface area contributed by atoms with Gasteiger partial charge >= 0.3 is 5.97 Å². The molecule has 0 amide bonds. The van der Waals surface area contributed by atoms with Crippen molar-refractivity contribution in [1.29, 1.82) is 0 Å². The average Bonchev–Trinajstić information content (AvgIpc) is 2.98. The van der Waals surface area contributed by atoms with Crippen molar-refractivity contribution >= 4 is 17.0 Å². The number of ether oxygens (including phenoxy) is 2. The molecule has 3 rings (SSSR count). The van der Waals surface area contributed by atoms with E-state index < -0.39 is 5.97 Å². The maximum absolute atomic E-state index is 11.0. The van der Waals surface area contributed by atoms with Gasteiger partial charge in [0.15, 0.2) is 6.61 Å². The predicted octanol–water partition coefficient (Wildman–Crippen LogP) is 3.09. The Labute approximate surface area is 127 Å². The summed E-state index contributed by atoms with van der Waals surface area (Å²) < 4.78 is 9.85. The Hall–Kier alpha value is -2.82. The third-order valence-corrected chi connectivity index (χ3v) is 3.43. The van der Waals surface area contributed by atoms with Crippen LogP contribution < -0.4 is 4.74 Å². The monoisotopic (exact) mass is 296 g/mol. The molecule has 0 atom stereocenters. The Kier molecular flexibility index (Phi) is 3.78. The van der Waals surface area contributed by atoms with E-state index in [1.807, 2.05) is 37.3 Å². The van der Waals surface area contributed by atoms with Gasteiger partial charge in [-0.05, 0) is 42.8 Å². The zero-order valence-electron chi connectivity index (χ0n) is 12.4. The number of aryl methyl sites for hydroxylation is 1. The van der Waals surface area contributed by atoms with Crippen LogP contribution in [0, 0.1) is 6.92 Å². The van der Waals surface area contributed by atoms with Crippen LogP contribution in [0.1, 0.15) is 5.56 Å². The highest BCUT2D eigenvalue weighted by molar-refractivity contribution is 5.82. The van der Waals surface area contributed by atoms with E-state index >= 15 is 0 Å². The van der Waals surface area contributed by atoms with Gasteiger partial charge in [0.05, 0.1) is 18.1 Å². The topological polar surface area (TPSA) is 64.2 Å². The number of para-hydroxylation sites is 1. The number of hydrogen-bond donors (Lipinski definition) is 1. The van der Waals surface area contributed by atoms with Gasteiger partial charge in [-0.2, -0.15) is 0 Å². The molecule has 0 radical (unpaired) electrons. The van der Waals surface area contributed by atoms with Gasteiger partial charge in [-0.15, -0.1) is 0 Å². The molecule has 112 valence electrons. The minimum Gasteiger partial charge on any atom is -0.482 e. The first-order valence-corrected chi connectivity index (χ1v) is 6.93. The Bertz CT molecular complexity index is 806. The van der Waals surface area contributed by atoms with Gasteiger partial charge in [0.1, 0.15) is 11.6 Å². The molecule has 0 aliphatic rings. The van der Waals surface area contributed by atoms with Crippen molar-refractivity contribution in [3.63, 3.8) is 0 Å². The molecule has 0 spiro atoms. The number of aromatic nitrogens is 2. The van der Waals surface area contributed by atoms with Crippen LogP contribution in [0.4, 0.5) is 0 Å². The summed E-state index contributed by atoms with van der Waals surface area (Å²) in [6.07, 6.45) is 0. The highest BCUT2D eigenvalue weighted by atomic mass is 16.6. The smallest absolute Gasteiger partial charge is 0.343 e. The summed E-state index contributed by atoms with van der Waals surface area (Å²) in [5.74, 6) is 1.02. The van der Waals surface area contributed by atoms with Gasteiger partial charge in [0, 0.05) is 5.56 Å². The van der Waals surface area contributed by atoms with Crippen molar-refractivity contribution in [2.75, 3.05) is 13.7 Å². The van der Waals surface area contributed by atoms with Crippen LogP contribution in [0.15, 0.2) is 42.5 Å². The highest BCUT2D eigenvalue weighted by Gasteiger charge is 2.07. The Morgan fingerprint density at radius 1 is 1.18 bits per heavy atom. The molecule has 5 nitrogen and oxygen atoms in total. The van der Waals surface area contributed by atoms with Crippen LogP contribution in [-0.4, -0.2) is 29.7 Å². The molecule has 3 aromatic rings. The molecule has 5 heteroatoms. The van der Waals surface area contributed by atoms with Gasteiger partial charge in [-0.1, -0.05) is 12.1 Å². The van der Waals surface area contributed by atoms with Gasteiger partial charge in [0.2, 0.25) is 0 Å². The van der Waals surface area contributed by atoms with Crippen LogP contribution in [0.25, 0.3) is 22.4 Å². The number of nitrogens with one attached hydrogen (secondary N) is 1. The lowest BCUT2D eigenvalue weighted by molar-refractivity contribution is -0.142. The van der Waals surface area contributed by atoms with Crippen molar-refractivity contribution in [2.24, 2.45) is 0 Å². The highest BCUT2D eigenvalue weighted by Crippen LogP contribution is 2.24. The zero-order valence-corrected chi connectivity index (χ0v) is 12.4. The second-order valence-electron chi connectivity index (χ2n) is 4.95. The SMILES string of the molecule is COC(=O)COc1ccc(-c2nc3c(C)cccc3[nH]2)cc1. The first-order valence-electron chi connectivity index (χ1n) is 6.93. The maximum Gasteiger partial charge on any atom is 0.343 e. The number of hydrogen-bond acceptors (Lipinski definition) is 4. The third kappa shape index (κ3) is 2.79. The van der Waals surface area contributed by atoms with Crippen LogP contribution in [0.3, 0.4) is 0 Å². The summed E-state index contributed by atoms with van der Waals surface area (Å²) in [5, 5.41) is 0. The van der Waals surface area contributed by atoms with E-state index in [-0.39, 0.29) is 6.61 Å². The lowest BCUT2D eigenvalue weighted by Crippen LogP contribution is -2.12. The van der Waals surface area contributed by atoms with Crippen LogP contribution >= 0.6 is 0 Å². The fraction of sp³-hybridized carbons (Fsp3) is 0.176. The quantitative estimate of drug-likeness (QED) is 0.751. The predicted molar refractivity (Wildman–Crippen MR) is 83.8 cm³/mol. The number of fused-ring (bicyclic) bond motifs is 1. The molecule has 0 unspecified atom stereocenters. The van der Waals surface area contributed by atoms with E-state index in [4.69, 9.17) is 4.74 Å². The zero-order chi connectivity index (χ0) is 15.5. The summed E-state index contributed by atoms with van der Waals surface area (Å²) >= 11 is 0. The van der Waals surface area contributed by atoms with Crippen molar-refractivity contribution in [3.8, 4) is 17.1 Å². The normalized spacial score (nSPS) is 10.6. The van der Waals surface area contributed by atoms with Crippen LogP contribution in [0.5, 0.6) is 5.75 Å². The number of nitrogens with zero attached hydrogens (tertiary/aromatic N) is 1. The van der Waals surface area contributed by atoms with Crippen LogP contribution in [-0.2, 0) is 9.53 Å². The summed E-state index contributed by atoms with van der Waals surface area (Å²) in [6.45, 7) is 1.94.